The summed E-state index contributed by atoms with van der Waals surface area (Å²) < 4.78 is 0. The quantitative estimate of drug-likeness (QED) is 0.884. The topological polar surface area (TPSA) is 75.4 Å². The Kier molecular flexibility index (Phi) is 5.08. The Morgan fingerprint density at radius 3 is 2.62 bits per heavy atom. The molecule has 1 aromatic rings. The van der Waals surface area contributed by atoms with Crippen LogP contribution in [-0.2, 0) is 9.59 Å². The summed E-state index contributed by atoms with van der Waals surface area (Å²) in [6.07, 6.45) is 0.174. The maximum Gasteiger partial charge on any atom is 0.227 e. The maximum atomic E-state index is 12.1. The van der Waals surface area contributed by atoms with E-state index in [1.807, 2.05) is 6.92 Å². The van der Waals surface area contributed by atoms with Gasteiger partial charge in [0.15, 0.2) is 0 Å². The molecule has 2 rings (SSSR count). The third-order valence-electron chi connectivity index (χ3n) is 3.40. The standard InChI is InChI=1S/C14H17Cl2N3O2/c1-8(6-17)18-14(21)9-2-13(20)19(7-9)12-4-10(15)3-11(16)5-12/h3-5,8-9H,2,6-7,17H2,1H3,(H,18,21)/t8-,9?/m0/s1. The molecule has 0 bridgehead atoms. The van der Waals surface area contributed by atoms with Crippen molar-refractivity contribution < 1.29 is 9.59 Å². The Labute approximate surface area is 133 Å². The number of benzene rings is 1. The Bertz CT molecular complexity index is 545. The lowest BCUT2D eigenvalue weighted by Crippen LogP contribution is -2.41. The lowest BCUT2D eigenvalue weighted by Gasteiger charge is -2.18. The predicted octanol–water partition coefficient (Wildman–Crippen LogP) is 1.81. The summed E-state index contributed by atoms with van der Waals surface area (Å²) in [6.45, 7) is 2.50. The van der Waals surface area contributed by atoms with Gasteiger partial charge >= 0.3 is 0 Å². The molecule has 1 aliphatic rings. The van der Waals surface area contributed by atoms with Gasteiger partial charge in [-0.15, -0.1) is 0 Å². The van der Waals surface area contributed by atoms with Crippen LogP contribution < -0.4 is 16.0 Å². The minimum Gasteiger partial charge on any atom is -0.352 e. The van der Waals surface area contributed by atoms with Crippen LogP contribution in [0, 0.1) is 5.92 Å². The van der Waals surface area contributed by atoms with Crippen LogP contribution in [0.15, 0.2) is 18.2 Å². The zero-order valence-corrected chi connectivity index (χ0v) is 13.1. The molecule has 0 aliphatic carbocycles. The van der Waals surface area contributed by atoms with E-state index >= 15 is 0 Å². The molecule has 3 N–H and O–H groups in total. The minimum atomic E-state index is -0.385. The third-order valence-corrected chi connectivity index (χ3v) is 3.83. The van der Waals surface area contributed by atoms with Gasteiger partial charge in [0.25, 0.3) is 0 Å². The van der Waals surface area contributed by atoms with E-state index in [1.54, 1.807) is 18.2 Å². The minimum absolute atomic E-state index is 0.109. The number of nitrogens with zero attached hydrogens (tertiary/aromatic N) is 1. The lowest BCUT2D eigenvalue weighted by molar-refractivity contribution is -0.126. The van der Waals surface area contributed by atoms with Crippen LogP contribution in [0.25, 0.3) is 0 Å². The first kappa shape index (κ1) is 16.1. The molecule has 2 atom stereocenters. The largest absolute Gasteiger partial charge is 0.352 e. The number of halogens is 2. The molecule has 1 aliphatic heterocycles. The van der Waals surface area contributed by atoms with E-state index in [9.17, 15) is 9.59 Å². The number of amides is 2. The van der Waals surface area contributed by atoms with Crippen LogP contribution in [0.4, 0.5) is 5.69 Å². The molecule has 2 amide bonds. The highest BCUT2D eigenvalue weighted by molar-refractivity contribution is 6.35. The number of carbonyl (C=O) groups is 2. The van der Waals surface area contributed by atoms with Gasteiger partial charge in [-0.05, 0) is 25.1 Å². The second-order valence-electron chi connectivity index (χ2n) is 5.18. The van der Waals surface area contributed by atoms with Crippen LogP contribution in [0.1, 0.15) is 13.3 Å². The van der Waals surface area contributed by atoms with E-state index in [-0.39, 0.29) is 30.2 Å². The van der Waals surface area contributed by atoms with E-state index in [1.165, 1.54) is 4.90 Å². The van der Waals surface area contributed by atoms with Crippen molar-refractivity contribution in [3.05, 3.63) is 28.2 Å². The van der Waals surface area contributed by atoms with Crippen molar-refractivity contribution >= 4 is 40.7 Å². The first-order valence-electron chi connectivity index (χ1n) is 6.67. The molecule has 0 spiro atoms. The molecule has 1 saturated heterocycles. The summed E-state index contributed by atoms with van der Waals surface area (Å²) in [5, 5.41) is 3.70. The molecule has 114 valence electrons. The Morgan fingerprint density at radius 1 is 1.43 bits per heavy atom. The summed E-state index contributed by atoms with van der Waals surface area (Å²) in [5.41, 5.74) is 6.09. The highest BCUT2D eigenvalue weighted by Crippen LogP contribution is 2.30. The predicted molar refractivity (Wildman–Crippen MR) is 83.6 cm³/mol. The van der Waals surface area contributed by atoms with E-state index in [0.29, 0.717) is 28.8 Å². The molecule has 21 heavy (non-hydrogen) atoms. The molecule has 0 saturated carbocycles. The molecule has 1 aromatic carbocycles. The number of rotatable bonds is 4. The van der Waals surface area contributed by atoms with Crippen LogP contribution in [0.5, 0.6) is 0 Å². The van der Waals surface area contributed by atoms with Gasteiger partial charge in [-0.1, -0.05) is 23.2 Å². The van der Waals surface area contributed by atoms with Crippen molar-refractivity contribution in [1.82, 2.24) is 5.32 Å². The Morgan fingerprint density at radius 2 is 2.05 bits per heavy atom. The average Bonchev–Trinajstić information content (AvgIpc) is 2.79. The summed E-state index contributed by atoms with van der Waals surface area (Å²) in [4.78, 5) is 25.7. The second-order valence-corrected chi connectivity index (χ2v) is 6.05. The lowest BCUT2D eigenvalue weighted by atomic mass is 10.1. The van der Waals surface area contributed by atoms with Crippen molar-refractivity contribution in [2.45, 2.75) is 19.4 Å². The van der Waals surface area contributed by atoms with E-state index in [0.717, 1.165) is 0 Å². The van der Waals surface area contributed by atoms with Crippen LogP contribution in [0.3, 0.4) is 0 Å². The summed E-state index contributed by atoms with van der Waals surface area (Å²) in [5.74, 6) is -0.657. The van der Waals surface area contributed by atoms with E-state index in [2.05, 4.69) is 5.32 Å². The summed E-state index contributed by atoms with van der Waals surface area (Å²) >= 11 is 11.9. The van der Waals surface area contributed by atoms with Gasteiger partial charge < -0.3 is 16.0 Å². The fourth-order valence-corrected chi connectivity index (χ4v) is 2.76. The number of hydrogen-bond acceptors (Lipinski definition) is 3. The fourth-order valence-electron chi connectivity index (χ4n) is 2.25. The average molecular weight is 330 g/mol. The van der Waals surface area contributed by atoms with Crippen LogP contribution >= 0.6 is 23.2 Å². The van der Waals surface area contributed by atoms with Gasteiger partial charge in [0.05, 0.1) is 5.92 Å². The highest BCUT2D eigenvalue weighted by atomic mass is 35.5. The second kappa shape index (κ2) is 6.64. The van der Waals surface area contributed by atoms with Crippen molar-refractivity contribution in [1.29, 1.82) is 0 Å². The van der Waals surface area contributed by atoms with Crippen molar-refractivity contribution in [2.24, 2.45) is 11.7 Å². The smallest absolute Gasteiger partial charge is 0.227 e. The van der Waals surface area contributed by atoms with Crippen LogP contribution in [-0.4, -0.2) is 30.9 Å². The van der Waals surface area contributed by atoms with Gasteiger partial charge in [0.1, 0.15) is 0 Å². The first-order valence-corrected chi connectivity index (χ1v) is 7.43. The SMILES string of the molecule is C[C@@H](CN)NC(=O)C1CC(=O)N(c2cc(Cl)cc(Cl)c2)C1. The van der Waals surface area contributed by atoms with Gasteiger partial charge in [0.2, 0.25) is 11.8 Å². The number of nitrogens with two attached hydrogens (primary N) is 1. The number of anilines is 1. The van der Waals surface area contributed by atoms with Gasteiger partial charge in [0, 0.05) is 41.3 Å². The van der Waals surface area contributed by atoms with Crippen LogP contribution in [0.2, 0.25) is 10.0 Å². The Balaban J connectivity index is 2.10. The molecular formula is C14H17Cl2N3O2. The molecule has 7 heteroatoms. The monoisotopic (exact) mass is 329 g/mol. The maximum absolute atomic E-state index is 12.1. The zero-order valence-electron chi connectivity index (χ0n) is 11.6. The molecule has 1 fully saturated rings. The van der Waals surface area contributed by atoms with E-state index < -0.39 is 0 Å². The fraction of sp³-hybridized carbons (Fsp3) is 0.429. The number of nitrogens with one attached hydrogen (secondary N) is 1. The van der Waals surface area contributed by atoms with Crippen molar-refractivity contribution in [2.75, 3.05) is 18.0 Å². The molecule has 0 aromatic heterocycles. The third kappa shape index (κ3) is 3.87. The van der Waals surface area contributed by atoms with Crippen molar-refractivity contribution in [3.8, 4) is 0 Å². The number of carbonyl (C=O) groups excluding carboxylic acids is 2. The van der Waals surface area contributed by atoms with Gasteiger partial charge in [-0.25, -0.2) is 0 Å². The van der Waals surface area contributed by atoms with Crippen molar-refractivity contribution in [3.63, 3.8) is 0 Å². The molecule has 1 heterocycles. The van der Waals surface area contributed by atoms with E-state index in [4.69, 9.17) is 28.9 Å². The van der Waals surface area contributed by atoms with Gasteiger partial charge in [-0.2, -0.15) is 0 Å². The molecule has 5 nitrogen and oxygen atoms in total. The Hall–Kier alpha value is -1.30. The molecule has 1 unspecified atom stereocenters. The first-order chi connectivity index (χ1) is 9.90. The highest BCUT2D eigenvalue weighted by Gasteiger charge is 2.35. The zero-order chi connectivity index (χ0) is 15.6. The normalized spacial score (nSPS) is 19.7. The molecule has 0 radical (unpaired) electrons. The summed E-state index contributed by atoms with van der Waals surface area (Å²) in [7, 11) is 0. The summed E-state index contributed by atoms with van der Waals surface area (Å²) in [6, 6.07) is 4.81. The number of hydrogen-bond donors (Lipinski definition) is 2. The molecular weight excluding hydrogens is 313 g/mol. The van der Waals surface area contributed by atoms with Gasteiger partial charge in [-0.3, -0.25) is 9.59 Å².